The first-order valence-electron chi connectivity index (χ1n) is 5.59. The molecular weight excluding hydrogens is 160 g/mol. The lowest BCUT2D eigenvalue weighted by Crippen LogP contribution is -2.52. The molecule has 1 rings (SSSR count). The van der Waals surface area contributed by atoms with Gasteiger partial charge in [0.2, 0.25) is 0 Å². The van der Waals surface area contributed by atoms with Crippen LogP contribution in [0.2, 0.25) is 0 Å². The van der Waals surface area contributed by atoms with Gasteiger partial charge in [0.25, 0.3) is 0 Å². The van der Waals surface area contributed by atoms with Crippen molar-refractivity contribution in [1.29, 1.82) is 0 Å². The highest BCUT2D eigenvalue weighted by molar-refractivity contribution is 4.97. The van der Waals surface area contributed by atoms with Crippen molar-refractivity contribution in [2.45, 2.75) is 58.0 Å². The number of hydrogen-bond donors (Lipinski definition) is 2. The van der Waals surface area contributed by atoms with E-state index in [1.165, 1.54) is 25.7 Å². The zero-order chi connectivity index (χ0) is 9.90. The Bertz CT molecular complexity index is 156. The molecule has 0 amide bonds. The van der Waals surface area contributed by atoms with Crippen molar-refractivity contribution in [3.63, 3.8) is 0 Å². The van der Waals surface area contributed by atoms with Crippen molar-refractivity contribution in [3.05, 3.63) is 0 Å². The van der Waals surface area contributed by atoms with Crippen LogP contribution < -0.4 is 11.1 Å². The second-order valence-electron chi connectivity index (χ2n) is 4.80. The molecule has 2 atom stereocenters. The van der Waals surface area contributed by atoms with Crippen LogP contribution in [-0.2, 0) is 0 Å². The summed E-state index contributed by atoms with van der Waals surface area (Å²) in [6.45, 7) is 7.49. The standard InChI is InChI=1S/C11H24N2/c1-4-10-5-6-11(7-10,8-12)13-9(2)3/h9-10,13H,4-8,12H2,1-3H3. The summed E-state index contributed by atoms with van der Waals surface area (Å²) in [5.74, 6) is 0.898. The van der Waals surface area contributed by atoms with E-state index in [0.717, 1.165) is 12.5 Å². The quantitative estimate of drug-likeness (QED) is 0.700. The molecule has 2 heteroatoms. The van der Waals surface area contributed by atoms with Crippen LogP contribution >= 0.6 is 0 Å². The smallest absolute Gasteiger partial charge is 0.0308 e. The molecule has 1 fully saturated rings. The van der Waals surface area contributed by atoms with Crippen molar-refractivity contribution >= 4 is 0 Å². The van der Waals surface area contributed by atoms with Crippen LogP contribution in [0.4, 0.5) is 0 Å². The van der Waals surface area contributed by atoms with Gasteiger partial charge in [0.15, 0.2) is 0 Å². The van der Waals surface area contributed by atoms with Gasteiger partial charge in [-0.25, -0.2) is 0 Å². The normalized spacial score (nSPS) is 34.4. The Labute approximate surface area is 82.3 Å². The van der Waals surface area contributed by atoms with E-state index in [9.17, 15) is 0 Å². The summed E-state index contributed by atoms with van der Waals surface area (Å²) in [6, 6.07) is 0.555. The molecular formula is C11H24N2. The van der Waals surface area contributed by atoms with E-state index in [4.69, 9.17) is 5.73 Å². The fraction of sp³-hybridized carbons (Fsp3) is 1.00. The zero-order valence-corrected chi connectivity index (χ0v) is 9.27. The Kier molecular flexibility index (Phi) is 3.74. The maximum Gasteiger partial charge on any atom is 0.0308 e. The number of hydrogen-bond acceptors (Lipinski definition) is 2. The van der Waals surface area contributed by atoms with E-state index < -0.39 is 0 Å². The fourth-order valence-electron chi connectivity index (χ4n) is 2.57. The maximum atomic E-state index is 5.87. The number of nitrogens with two attached hydrogens (primary N) is 1. The maximum absolute atomic E-state index is 5.87. The summed E-state index contributed by atoms with van der Waals surface area (Å²) in [5.41, 5.74) is 6.13. The topological polar surface area (TPSA) is 38.0 Å². The highest BCUT2D eigenvalue weighted by atomic mass is 15.0. The van der Waals surface area contributed by atoms with E-state index in [1.54, 1.807) is 0 Å². The van der Waals surface area contributed by atoms with Crippen LogP contribution in [-0.4, -0.2) is 18.1 Å². The Morgan fingerprint density at radius 3 is 2.62 bits per heavy atom. The molecule has 0 heterocycles. The molecule has 2 nitrogen and oxygen atoms in total. The molecule has 13 heavy (non-hydrogen) atoms. The van der Waals surface area contributed by atoms with Crippen LogP contribution in [0.25, 0.3) is 0 Å². The number of rotatable bonds is 4. The lowest BCUT2D eigenvalue weighted by molar-refractivity contribution is 0.301. The molecule has 0 saturated heterocycles. The van der Waals surface area contributed by atoms with E-state index >= 15 is 0 Å². The molecule has 0 aliphatic heterocycles. The Morgan fingerprint density at radius 1 is 1.54 bits per heavy atom. The Morgan fingerprint density at radius 2 is 2.23 bits per heavy atom. The van der Waals surface area contributed by atoms with Crippen LogP contribution in [0.5, 0.6) is 0 Å². The molecule has 0 radical (unpaired) electrons. The molecule has 1 aliphatic rings. The van der Waals surface area contributed by atoms with E-state index in [-0.39, 0.29) is 5.54 Å². The van der Waals surface area contributed by atoms with E-state index in [1.807, 2.05) is 0 Å². The van der Waals surface area contributed by atoms with Crippen LogP contribution in [0.15, 0.2) is 0 Å². The first-order chi connectivity index (χ1) is 6.12. The Hall–Kier alpha value is -0.0800. The van der Waals surface area contributed by atoms with E-state index in [2.05, 4.69) is 26.1 Å². The van der Waals surface area contributed by atoms with Crippen molar-refractivity contribution in [3.8, 4) is 0 Å². The van der Waals surface area contributed by atoms with Crippen molar-refractivity contribution in [2.24, 2.45) is 11.7 Å². The molecule has 1 saturated carbocycles. The first kappa shape index (κ1) is 11.0. The van der Waals surface area contributed by atoms with Gasteiger partial charge in [0.1, 0.15) is 0 Å². The van der Waals surface area contributed by atoms with Gasteiger partial charge in [-0.15, -0.1) is 0 Å². The molecule has 0 aromatic rings. The molecule has 3 N–H and O–H groups in total. The Balaban J connectivity index is 2.52. The molecule has 0 bridgehead atoms. The van der Waals surface area contributed by atoms with Crippen LogP contribution in [0.1, 0.15) is 46.5 Å². The highest BCUT2D eigenvalue weighted by Gasteiger charge is 2.37. The molecule has 78 valence electrons. The predicted molar refractivity (Wildman–Crippen MR) is 57.7 cm³/mol. The molecule has 2 unspecified atom stereocenters. The summed E-state index contributed by atoms with van der Waals surface area (Å²) >= 11 is 0. The van der Waals surface area contributed by atoms with E-state index in [0.29, 0.717) is 6.04 Å². The average Bonchev–Trinajstić information content (AvgIpc) is 2.48. The summed E-state index contributed by atoms with van der Waals surface area (Å²) < 4.78 is 0. The summed E-state index contributed by atoms with van der Waals surface area (Å²) in [5, 5.41) is 3.64. The molecule has 0 aromatic carbocycles. The lowest BCUT2D eigenvalue weighted by Gasteiger charge is -2.31. The summed E-state index contributed by atoms with van der Waals surface area (Å²) in [4.78, 5) is 0. The molecule has 0 aromatic heterocycles. The van der Waals surface area contributed by atoms with Gasteiger partial charge < -0.3 is 11.1 Å². The van der Waals surface area contributed by atoms with Crippen molar-refractivity contribution < 1.29 is 0 Å². The predicted octanol–water partition coefficient (Wildman–Crippen LogP) is 1.89. The zero-order valence-electron chi connectivity index (χ0n) is 9.27. The van der Waals surface area contributed by atoms with Crippen LogP contribution in [0.3, 0.4) is 0 Å². The largest absolute Gasteiger partial charge is 0.329 e. The highest BCUT2D eigenvalue weighted by Crippen LogP contribution is 2.35. The third kappa shape index (κ3) is 2.68. The lowest BCUT2D eigenvalue weighted by atomic mass is 9.94. The minimum absolute atomic E-state index is 0.259. The van der Waals surface area contributed by atoms with Gasteiger partial charge in [-0.2, -0.15) is 0 Å². The first-order valence-corrected chi connectivity index (χ1v) is 5.59. The second kappa shape index (κ2) is 4.43. The minimum Gasteiger partial charge on any atom is -0.329 e. The van der Waals surface area contributed by atoms with Gasteiger partial charge in [-0.1, -0.05) is 27.2 Å². The third-order valence-electron chi connectivity index (χ3n) is 3.27. The molecule has 0 spiro atoms. The summed E-state index contributed by atoms with van der Waals surface area (Å²) in [7, 11) is 0. The second-order valence-corrected chi connectivity index (χ2v) is 4.80. The average molecular weight is 184 g/mol. The minimum atomic E-state index is 0.259. The third-order valence-corrected chi connectivity index (χ3v) is 3.27. The monoisotopic (exact) mass is 184 g/mol. The van der Waals surface area contributed by atoms with Crippen LogP contribution in [0, 0.1) is 5.92 Å². The van der Waals surface area contributed by atoms with Gasteiger partial charge in [0, 0.05) is 18.1 Å². The van der Waals surface area contributed by atoms with Crippen molar-refractivity contribution in [1.82, 2.24) is 5.32 Å². The van der Waals surface area contributed by atoms with Gasteiger partial charge in [-0.3, -0.25) is 0 Å². The van der Waals surface area contributed by atoms with Gasteiger partial charge in [0.05, 0.1) is 0 Å². The fourth-order valence-corrected chi connectivity index (χ4v) is 2.57. The SMILES string of the molecule is CCC1CCC(CN)(NC(C)C)C1. The van der Waals surface area contributed by atoms with Crippen molar-refractivity contribution in [2.75, 3.05) is 6.54 Å². The summed E-state index contributed by atoms with van der Waals surface area (Å²) in [6.07, 6.45) is 5.20. The van der Waals surface area contributed by atoms with Gasteiger partial charge in [-0.05, 0) is 25.2 Å². The molecule has 1 aliphatic carbocycles. The number of nitrogens with one attached hydrogen (secondary N) is 1. The van der Waals surface area contributed by atoms with Gasteiger partial charge >= 0.3 is 0 Å².